The highest BCUT2D eigenvalue weighted by Gasteiger charge is 2.17. The Morgan fingerprint density at radius 3 is 2.25 bits per heavy atom. The van der Waals surface area contributed by atoms with E-state index in [0.717, 1.165) is 63.7 Å². The number of aromatic nitrogens is 1. The summed E-state index contributed by atoms with van der Waals surface area (Å²) in [7, 11) is 0. The van der Waals surface area contributed by atoms with Crippen molar-refractivity contribution in [3.8, 4) is 5.75 Å². The lowest BCUT2D eigenvalue weighted by atomic mass is 10.2. The minimum absolute atomic E-state index is 0.789. The summed E-state index contributed by atoms with van der Waals surface area (Å²) >= 11 is 0. The zero-order valence-electron chi connectivity index (χ0n) is 14.5. The molecule has 0 spiro atoms. The van der Waals surface area contributed by atoms with Crippen molar-refractivity contribution in [2.75, 3.05) is 32.8 Å². The van der Waals surface area contributed by atoms with E-state index in [4.69, 9.17) is 4.74 Å². The molecule has 1 aromatic heterocycles. The maximum Gasteiger partial charge on any atom is 0.119 e. The highest BCUT2D eigenvalue weighted by molar-refractivity contribution is 5.27. The van der Waals surface area contributed by atoms with E-state index in [9.17, 15) is 0 Å². The molecule has 24 heavy (non-hydrogen) atoms. The van der Waals surface area contributed by atoms with Crippen LogP contribution in [0.4, 0.5) is 0 Å². The fraction of sp³-hybridized carbons (Fsp3) is 0.450. The Bertz CT molecular complexity index is 592. The molecule has 2 heterocycles. The Labute approximate surface area is 145 Å². The topological polar surface area (TPSA) is 28.6 Å². The predicted octanol–water partition coefficient (Wildman–Crippen LogP) is 3.19. The van der Waals surface area contributed by atoms with E-state index in [1.807, 2.05) is 12.3 Å². The first-order valence-electron chi connectivity index (χ1n) is 8.90. The van der Waals surface area contributed by atoms with E-state index in [1.165, 1.54) is 5.56 Å². The SMILES string of the molecule is CCCOc1ccc(CN2CCN(Cc3ccccn3)CC2)cc1. The summed E-state index contributed by atoms with van der Waals surface area (Å²) in [4.78, 5) is 9.43. The molecule has 1 aliphatic heterocycles. The summed E-state index contributed by atoms with van der Waals surface area (Å²) in [6.45, 7) is 9.33. The minimum Gasteiger partial charge on any atom is -0.494 e. The van der Waals surface area contributed by atoms with Crippen LogP contribution in [0.5, 0.6) is 5.75 Å². The van der Waals surface area contributed by atoms with Gasteiger partial charge in [0.05, 0.1) is 12.3 Å². The second-order valence-electron chi connectivity index (χ2n) is 6.37. The van der Waals surface area contributed by atoms with Crippen LogP contribution in [0.3, 0.4) is 0 Å². The third-order valence-electron chi connectivity index (χ3n) is 4.38. The van der Waals surface area contributed by atoms with Gasteiger partial charge in [0.15, 0.2) is 0 Å². The van der Waals surface area contributed by atoms with Gasteiger partial charge in [-0.3, -0.25) is 14.8 Å². The van der Waals surface area contributed by atoms with Gasteiger partial charge in [0.2, 0.25) is 0 Å². The monoisotopic (exact) mass is 325 g/mol. The molecule has 1 fully saturated rings. The van der Waals surface area contributed by atoms with Crippen molar-refractivity contribution >= 4 is 0 Å². The molecule has 4 heteroatoms. The number of hydrogen-bond donors (Lipinski definition) is 0. The molecular weight excluding hydrogens is 298 g/mol. The van der Waals surface area contributed by atoms with E-state index < -0.39 is 0 Å². The molecule has 1 saturated heterocycles. The van der Waals surface area contributed by atoms with E-state index in [-0.39, 0.29) is 0 Å². The van der Waals surface area contributed by atoms with Gasteiger partial charge in [-0.2, -0.15) is 0 Å². The van der Waals surface area contributed by atoms with Gasteiger partial charge in [-0.15, -0.1) is 0 Å². The average molecular weight is 325 g/mol. The van der Waals surface area contributed by atoms with Gasteiger partial charge in [-0.1, -0.05) is 25.1 Å². The molecule has 0 bridgehead atoms. The predicted molar refractivity (Wildman–Crippen MR) is 97.0 cm³/mol. The summed E-state index contributed by atoms with van der Waals surface area (Å²) in [6, 6.07) is 14.7. The van der Waals surface area contributed by atoms with Gasteiger partial charge < -0.3 is 4.74 Å². The molecule has 1 aromatic carbocycles. The second kappa shape index (κ2) is 8.81. The Kier molecular flexibility index (Phi) is 6.21. The van der Waals surface area contributed by atoms with Gasteiger partial charge in [0.25, 0.3) is 0 Å². The maximum absolute atomic E-state index is 5.64. The molecule has 4 nitrogen and oxygen atoms in total. The standard InChI is InChI=1S/C20H27N3O/c1-2-15-24-20-8-6-18(7-9-20)16-22-11-13-23(14-12-22)17-19-5-3-4-10-21-19/h3-10H,2,11-17H2,1H3. The van der Waals surface area contributed by atoms with Crippen LogP contribution < -0.4 is 4.74 Å². The first-order valence-corrected chi connectivity index (χ1v) is 8.90. The maximum atomic E-state index is 5.64. The quantitative estimate of drug-likeness (QED) is 0.782. The van der Waals surface area contributed by atoms with Crippen molar-refractivity contribution in [3.05, 3.63) is 59.9 Å². The fourth-order valence-corrected chi connectivity index (χ4v) is 3.00. The highest BCUT2D eigenvalue weighted by atomic mass is 16.5. The van der Waals surface area contributed by atoms with Gasteiger partial charge >= 0.3 is 0 Å². The molecule has 2 aromatic rings. The van der Waals surface area contributed by atoms with E-state index >= 15 is 0 Å². The molecule has 0 aliphatic carbocycles. The van der Waals surface area contributed by atoms with E-state index in [1.54, 1.807) is 0 Å². The second-order valence-corrected chi connectivity index (χ2v) is 6.37. The fourth-order valence-electron chi connectivity index (χ4n) is 3.00. The van der Waals surface area contributed by atoms with Crippen molar-refractivity contribution in [3.63, 3.8) is 0 Å². The first kappa shape index (κ1) is 16.9. The zero-order valence-corrected chi connectivity index (χ0v) is 14.5. The molecule has 0 amide bonds. The van der Waals surface area contributed by atoms with Crippen molar-refractivity contribution in [2.45, 2.75) is 26.4 Å². The number of piperazine rings is 1. The molecule has 0 atom stereocenters. The number of rotatable bonds is 7. The van der Waals surface area contributed by atoms with Crippen LogP contribution >= 0.6 is 0 Å². The molecule has 0 N–H and O–H groups in total. The van der Waals surface area contributed by atoms with Crippen molar-refractivity contribution in [1.82, 2.24) is 14.8 Å². The summed E-state index contributed by atoms with van der Waals surface area (Å²) in [6.07, 6.45) is 2.92. The average Bonchev–Trinajstić information content (AvgIpc) is 2.64. The van der Waals surface area contributed by atoms with Crippen LogP contribution in [0.2, 0.25) is 0 Å². The highest BCUT2D eigenvalue weighted by Crippen LogP contribution is 2.15. The van der Waals surface area contributed by atoms with Gasteiger partial charge in [0.1, 0.15) is 5.75 Å². The van der Waals surface area contributed by atoms with Crippen LogP contribution in [-0.4, -0.2) is 47.6 Å². The lowest BCUT2D eigenvalue weighted by Crippen LogP contribution is -2.45. The number of benzene rings is 1. The van der Waals surface area contributed by atoms with Crippen molar-refractivity contribution in [2.24, 2.45) is 0 Å². The number of ether oxygens (including phenoxy) is 1. The number of pyridine rings is 1. The first-order chi connectivity index (χ1) is 11.8. The lowest BCUT2D eigenvalue weighted by Gasteiger charge is -2.34. The minimum atomic E-state index is 0.789. The van der Waals surface area contributed by atoms with Crippen LogP contribution in [0.25, 0.3) is 0 Å². The summed E-state index contributed by atoms with van der Waals surface area (Å²) in [5.74, 6) is 0.973. The Morgan fingerprint density at radius 1 is 0.917 bits per heavy atom. The third-order valence-corrected chi connectivity index (χ3v) is 4.38. The van der Waals surface area contributed by atoms with Gasteiger partial charge in [-0.25, -0.2) is 0 Å². The van der Waals surface area contributed by atoms with Crippen LogP contribution in [-0.2, 0) is 13.1 Å². The van der Waals surface area contributed by atoms with Crippen molar-refractivity contribution < 1.29 is 4.74 Å². The number of nitrogens with zero attached hydrogens (tertiary/aromatic N) is 3. The number of hydrogen-bond acceptors (Lipinski definition) is 4. The Morgan fingerprint density at radius 2 is 1.62 bits per heavy atom. The summed E-state index contributed by atoms with van der Waals surface area (Å²) in [5, 5.41) is 0. The molecule has 0 radical (unpaired) electrons. The summed E-state index contributed by atoms with van der Waals surface area (Å²) in [5.41, 5.74) is 2.52. The van der Waals surface area contributed by atoms with Crippen LogP contribution in [0.1, 0.15) is 24.6 Å². The molecule has 128 valence electrons. The molecule has 1 aliphatic rings. The largest absolute Gasteiger partial charge is 0.494 e. The van der Waals surface area contributed by atoms with Crippen LogP contribution in [0.15, 0.2) is 48.7 Å². The van der Waals surface area contributed by atoms with Gasteiger partial charge in [-0.05, 0) is 36.2 Å². The zero-order chi connectivity index (χ0) is 16.6. The van der Waals surface area contributed by atoms with E-state index in [2.05, 4.69) is 58.1 Å². The van der Waals surface area contributed by atoms with Crippen molar-refractivity contribution in [1.29, 1.82) is 0 Å². The van der Waals surface area contributed by atoms with E-state index in [0.29, 0.717) is 0 Å². The molecular formula is C20H27N3O. The summed E-state index contributed by atoms with van der Waals surface area (Å²) < 4.78 is 5.64. The van der Waals surface area contributed by atoms with Crippen LogP contribution in [0, 0.1) is 0 Å². The molecule has 3 rings (SSSR count). The Hall–Kier alpha value is -1.91. The Balaban J connectivity index is 1.43. The smallest absolute Gasteiger partial charge is 0.119 e. The molecule has 0 saturated carbocycles. The lowest BCUT2D eigenvalue weighted by molar-refractivity contribution is 0.121. The normalized spacial score (nSPS) is 16.2. The molecule has 0 unspecified atom stereocenters. The third kappa shape index (κ3) is 5.05. The van der Waals surface area contributed by atoms with Gasteiger partial charge in [0, 0.05) is 45.5 Å².